The van der Waals surface area contributed by atoms with Crippen LogP contribution in [0.2, 0.25) is 0 Å². The lowest BCUT2D eigenvalue weighted by molar-refractivity contribution is -0.114. The molecule has 74 valence electrons. The van der Waals surface area contributed by atoms with Gasteiger partial charge in [0.25, 0.3) is 0 Å². The van der Waals surface area contributed by atoms with E-state index in [1.54, 1.807) is 12.3 Å². The molecule has 0 amide bonds. The third-order valence-electron chi connectivity index (χ3n) is 1.88. The van der Waals surface area contributed by atoms with Crippen LogP contribution >= 0.6 is 0 Å². The first-order valence-electron chi connectivity index (χ1n) is 4.79. The van der Waals surface area contributed by atoms with Crippen molar-refractivity contribution in [3.63, 3.8) is 0 Å². The largest absolute Gasteiger partial charge is 0.387 e. The lowest BCUT2D eigenvalue weighted by atomic mass is 10.2. The predicted molar refractivity (Wildman–Crippen MR) is 57.7 cm³/mol. The van der Waals surface area contributed by atoms with Crippen LogP contribution in [-0.4, -0.2) is 5.78 Å². The summed E-state index contributed by atoms with van der Waals surface area (Å²) in [7, 11) is 0. The second-order valence-electron chi connectivity index (χ2n) is 3.02. The van der Waals surface area contributed by atoms with Gasteiger partial charge >= 0.3 is 0 Å². The van der Waals surface area contributed by atoms with Gasteiger partial charge in [-0.3, -0.25) is 4.79 Å². The van der Waals surface area contributed by atoms with Crippen LogP contribution in [0.15, 0.2) is 42.6 Å². The first kappa shape index (κ1) is 10.5. The number of carbonyl (C=O) groups excluding carboxylic acids is 1. The molecule has 0 spiro atoms. The number of hydrogen-bond acceptors (Lipinski definition) is 2. The average molecular weight is 189 g/mol. The molecule has 2 nitrogen and oxygen atoms in total. The monoisotopic (exact) mass is 189 g/mol. The van der Waals surface area contributed by atoms with Gasteiger partial charge in [-0.2, -0.15) is 0 Å². The molecule has 0 saturated carbocycles. The van der Waals surface area contributed by atoms with Gasteiger partial charge in [0.1, 0.15) is 0 Å². The number of allylic oxidation sites excluding steroid dienone is 1. The van der Waals surface area contributed by atoms with Crippen molar-refractivity contribution >= 4 is 5.78 Å². The van der Waals surface area contributed by atoms with Gasteiger partial charge in [0.2, 0.25) is 0 Å². The highest BCUT2D eigenvalue weighted by Crippen LogP contribution is 1.96. The highest BCUT2D eigenvalue weighted by Gasteiger charge is 1.89. The van der Waals surface area contributed by atoms with E-state index in [1.807, 2.05) is 37.3 Å². The Balaban J connectivity index is 2.29. The minimum absolute atomic E-state index is 0.144. The molecule has 0 fully saturated rings. The molecule has 1 aromatic carbocycles. The fourth-order valence-electron chi connectivity index (χ4n) is 1.04. The Hall–Kier alpha value is -1.57. The molecule has 1 N–H and O–H groups in total. The van der Waals surface area contributed by atoms with Crippen molar-refractivity contribution in [3.8, 4) is 0 Å². The maximum absolute atomic E-state index is 10.9. The number of benzene rings is 1. The van der Waals surface area contributed by atoms with E-state index in [2.05, 4.69) is 5.32 Å². The zero-order chi connectivity index (χ0) is 10.2. The Bertz CT molecular complexity index is 303. The molecule has 14 heavy (non-hydrogen) atoms. The van der Waals surface area contributed by atoms with Gasteiger partial charge in [-0.1, -0.05) is 37.3 Å². The van der Waals surface area contributed by atoms with Gasteiger partial charge in [0, 0.05) is 19.2 Å². The maximum atomic E-state index is 10.9. The van der Waals surface area contributed by atoms with Crippen molar-refractivity contribution < 1.29 is 4.79 Å². The average Bonchev–Trinajstić information content (AvgIpc) is 2.25. The number of carbonyl (C=O) groups is 1. The molecule has 0 unspecified atom stereocenters. The molecule has 0 aliphatic heterocycles. The van der Waals surface area contributed by atoms with Crippen molar-refractivity contribution in [2.75, 3.05) is 0 Å². The SMILES string of the molecule is CCC(=O)/C=C/NCc1ccccc1. The first-order valence-corrected chi connectivity index (χ1v) is 4.79. The Morgan fingerprint density at radius 3 is 2.71 bits per heavy atom. The number of rotatable bonds is 5. The van der Waals surface area contributed by atoms with E-state index in [-0.39, 0.29) is 5.78 Å². The first-order chi connectivity index (χ1) is 6.83. The summed E-state index contributed by atoms with van der Waals surface area (Å²) in [4.78, 5) is 10.9. The Kier molecular flexibility index (Phi) is 4.48. The topological polar surface area (TPSA) is 29.1 Å². The molecule has 1 aromatic rings. The van der Waals surface area contributed by atoms with Crippen molar-refractivity contribution in [1.29, 1.82) is 0 Å². The quantitative estimate of drug-likeness (QED) is 0.720. The number of ketones is 1. The van der Waals surface area contributed by atoms with Crippen LogP contribution in [0.3, 0.4) is 0 Å². The Morgan fingerprint density at radius 1 is 1.36 bits per heavy atom. The minimum atomic E-state index is 0.144. The van der Waals surface area contributed by atoms with Crippen molar-refractivity contribution in [2.45, 2.75) is 19.9 Å². The zero-order valence-corrected chi connectivity index (χ0v) is 8.36. The minimum Gasteiger partial charge on any atom is -0.387 e. The summed E-state index contributed by atoms with van der Waals surface area (Å²) in [6.45, 7) is 2.61. The van der Waals surface area contributed by atoms with E-state index in [9.17, 15) is 4.79 Å². The molecule has 0 saturated heterocycles. The second kappa shape index (κ2) is 5.97. The van der Waals surface area contributed by atoms with Crippen molar-refractivity contribution in [1.82, 2.24) is 5.32 Å². The van der Waals surface area contributed by atoms with Crippen LogP contribution in [0.5, 0.6) is 0 Å². The maximum Gasteiger partial charge on any atom is 0.156 e. The van der Waals surface area contributed by atoms with E-state index in [1.165, 1.54) is 5.56 Å². The van der Waals surface area contributed by atoms with Crippen LogP contribution in [0, 0.1) is 0 Å². The molecule has 0 aliphatic rings. The van der Waals surface area contributed by atoms with E-state index < -0.39 is 0 Å². The number of nitrogens with one attached hydrogen (secondary N) is 1. The predicted octanol–water partition coefficient (Wildman–Crippen LogP) is 2.27. The highest BCUT2D eigenvalue weighted by molar-refractivity contribution is 5.89. The molecule has 0 radical (unpaired) electrons. The Labute approximate surface area is 84.6 Å². The molecule has 1 rings (SSSR count). The smallest absolute Gasteiger partial charge is 0.156 e. The zero-order valence-electron chi connectivity index (χ0n) is 8.36. The van der Waals surface area contributed by atoms with Gasteiger partial charge in [-0.25, -0.2) is 0 Å². The standard InChI is InChI=1S/C12H15NO/c1-2-12(14)8-9-13-10-11-6-4-3-5-7-11/h3-9,13H,2,10H2,1H3/b9-8+. The Morgan fingerprint density at radius 2 is 2.07 bits per heavy atom. The molecular formula is C12H15NO. The fourth-order valence-corrected chi connectivity index (χ4v) is 1.04. The summed E-state index contributed by atoms with van der Waals surface area (Å²) in [6.07, 6.45) is 3.84. The van der Waals surface area contributed by atoms with E-state index in [4.69, 9.17) is 0 Å². The van der Waals surface area contributed by atoms with Crippen LogP contribution in [-0.2, 0) is 11.3 Å². The van der Waals surface area contributed by atoms with Gasteiger partial charge in [0.15, 0.2) is 5.78 Å². The van der Waals surface area contributed by atoms with Crippen molar-refractivity contribution in [3.05, 3.63) is 48.2 Å². The summed E-state index contributed by atoms with van der Waals surface area (Å²) in [6, 6.07) is 10.1. The highest BCUT2D eigenvalue weighted by atomic mass is 16.1. The molecule has 2 heteroatoms. The molecule has 0 aliphatic carbocycles. The van der Waals surface area contributed by atoms with Gasteiger partial charge in [-0.05, 0) is 11.6 Å². The molecule has 0 bridgehead atoms. The fraction of sp³-hybridized carbons (Fsp3) is 0.250. The molecular weight excluding hydrogens is 174 g/mol. The van der Waals surface area contributed by atoms with E-state index >= 15 is 0 Å². The van der Waals surface area contributed by atoms with E-state index in [0.717, 1.165) is 6.54 Å². The third kappa shape index (κ3) is 3.90. The molecule has 0 aromatic heterocycles. The summed E-state index contributed by atoms with van der Waals surface area (Å²) in [5.41, 5.74) is 1.21. The molecule has 0 heterocycles. The van der Waals surface area contributed by atoms with Crippen LogP contribution in [0.1, 0.15) is 18.9 Å². The van der Waals surface area contributed by atoms with Crippen molar-refractivity contribution in [2.24, 2.45) is 0 Å². The van der Waals surface area contributed by atoms with Crippen LogP contribution in [0.4, 0.5) is 0 Å². The summed E-state index contributed by atoms with van der Waals surface area (Å²) >= 11 is 0. The number of hydrogen-bond donors (Lipinski definition) is 1. The second-order valence-corrected chi connectivity index (χ2v) is 3.02. The third-order valence-corrected chi connectivity index (χ3v) is 1.88. The van der Waals surface area contributed by atoms with Crippen LogP contribution < -0.4 is 5.32 Å². The lowest BCUT2D eigenvalue weighted by Gasteiger charge is -1.99. The summed E-state index contributed by atoms with van der Waals surface area (Å²) < 4.78 is 0. The van der Waals surface area contributed by atoms with Crippen LogP contribution in [0.25, 0.3) is 0 Å². The van der Waals surface area contributed by atoms with Gasteiger partial charge < -0.3 is 5.32 Å². The summed E-state index contributed by atoms with van der Waals surface area (Å²) in [5, 5.41) is 3.07. The normalized spacial score (nSPS) is 10.4. The molecule has 0 atom stereocenters. The summed E-state index contributed by atoms with van der Waals surface area (Å²) in [5.74, 6) is 0.144. The van der Waals surface area contributed by atoms with E-state index in [0.29, 0.717) is 6.42 Å². The van der Waals surface area contributed by atoms with Gasteiger partial charge in [0.05, 0.1) is 0 Å². The lowest BCUT2D eigenvalue weighted by Crippen LogP contribution is -2.05. The van der Waals surface area contributed by atoms with Gasteiger partial charge in [-0.15, -0.1) is 0 Å².